The minimum absolute atomic E-state index is 0.0631. The maximum atomic E-state index is 11.3. The topological polar surface area (TPSA) is 20.3 Å². The Morgan fingerprint density at radius 2 is 2.06 bits per heavy atom. The van der Waals surface area contributed by atoms with E-state index in [4.69, 9.17) is 11.6 Å². The third-order valence-electron chi connectivity index (χ3n) is 3.89. The molecule has 0 radical (unpaired) electrons. The van der Waals surface area contributed by atoms with E-state index in [0.29, 0.717) is 10.6 Å². The zero-order chi connectivity index (χ0) is 13.1. The summed E-state index contributed by atoms with van der Waals surface area (Å²) in [6.45, 7) is 5.96. The largest absolute Gasteiger partial charge is 0.370 e. The Hall–Kier alpha value is -1.02. The first-order valence-corrected chi connectivity index (χ1v) is 7.05. The van der Waals surface area contributed by atoms with Crippen LogP contribution in [0, 0.1) is 5.92 Å². The number of anilines is 1. The Bertz CT molecular complexity index is 436. The van der Waals surface area contributed by atoms with Gasteiger partial charge in [-0.05, 0) is 43.9 Å². The van der Waals surface area contributed by atoms with Gasteiger partial charge in [-0.15, -0.1) is 0 Å². The molecule has 0 unspecified atom stereocenters. The number of piperidine rings is 1. The molecular formula is C15H20ClNO. The van der Waals surface area contributed by atoms with Gasteiger partial charge < -0.3 is 4.90 Å². The average Bonchev–Trinajstić information content (AvgIpc) is 2.38. The molecule has 0 bridgehead atoms. The minimum Gasteiger partial charge on any atom is -0.370 e. The predicted molar refractivity (Wildman–Crippen MR) is 76.7 cm³/mol. The number of hydrogen-bond donors (Lipinski definition) is 0. The lowest BCUT2D eigenvalue weighted by molar-refractivity contribution is 0.101. The van der Waals surface area contributed by atoms with Gasteiger partial charge in [-0.25, -0.2) is 0 Å². The number of halogens is 1. The van der Waals surface area contributed by atoms with Crippen LogP contribution in [0.1, 0.15) is 43.5 Å². The van der Waals surface area contributed by atoms with E-state index in [1.165, 1.54) is 19.3 Å². The van der Waals surface area contributed by atoms with E-state index in [0.717, 1.165) is 24.7 Å². The van der Waals surface area contributed by atoms with E-state index >= 15 is 0 Å². The number of carbonyl (C=O) groups is 1. The van der Waals surface area contributed by atoms with Crippen LogP contribution in [0.2, 0.25) is 5.02 Å². The number of ketones is 1. The first-order chi connectivity index (χ1) is 8.61. The number of rotatable bonds is 3. The molecule has 1 aromatic rings. The quantitative estimate of drug-likeness (QED) is 0.765. The third-order valence-corrected chi connectivity index (χ3v) is 4.19. The molecule has 0 aliphatic carbocycles. The summed E-state index contributed by atoms with van der Waals surface area (Å²) < 4.78 is 0. The Kier molecular flexibility index (Phi) is 4.28. The Morgan fingerprint density at radius 3 is 2.56 bits per heavy atom. The average molecular weight is 266 g/mol. The Balaban J connectivity index is 2.12. The monoisotopic (exact) mass is 265 g/mol. The van der Waals surface area contributed by atoms with Gasteiger partial charge in [0.2, 0.25) is 0 Å². The SMILES string of the molecule is CCC1CCN(c2ccc(C(C)=O)cc2Cl)CC1. The fourth-order valence-corrected chi connectivity index (χ4v) is 2.86. The molecule has 18 heavy (non-hydrogen) atoms. The van der Waals surface area contributed by atoms with Gasteiger partial charge in [0.05, 0.1) is 10.7 Å². The van der Waals surface area contributed by atoms with Crippen LogP contribution in [-0.4, -0.2) is 18.9 Å². The third kappa shape index (κ3) is 2.86. The molecule has 0 N–H and O–H groups in total. The summed E-state index contributed by atoms with van der Waals surface area (Å²) in [6.07, 6.45) is 3.74. The number of carbonyl (C=O) groups excluding carboxylic acids is 1. The first kappa shape index (κ1) is 13.4. The van der Waals surface area contributed by atoms with Crippen molar-refractivity contribution in [2.45, 2.75) is 33.1 Å². The number of benzene rings is 1. The van der Waals surface area contributed by atoms with Gasteiger partial charge in [-0.3, -0.25) is 4.79 Å². The second-order valence-corrected chi connectivity index (χ2v) is 5.47. The van der Waals surface area contributed by atoms with Crippen LogP contribution in [0.4, 0.5) is 5.69 Å². The van der Waals surface area contributed by atoms with Gasteiger partial charge >= 0.3 is 0 Å². The van der Waals surface area contributed by atoms with E-state index in [1.807, 2.05) is 12.1 Å². The fourth-order valence-electron chi connectivity index (χ4n) is 2.56. The van der Waals surface area contributed by atoms with Crippen molar-refractivity contribution in [2.75, 3.05) is 18.0 Å². The van der Waals surface area contributed by atoms with Gasteiger partial charge in [0.1, 0.15) is 0 Å². The van der Waals surface area contributed by atoms with Crippen LogP contribution in [0.5, 0.6) is 0 Å². The summed E-state index contributed by atoms with van der Waals surface area (Å²) in [5.74, 6) is 0.921. The van der Waals surface area contributed by atoms with Crippen molar-refractivity contribution in [3.8, 4) is 0 Å². The van der Waals surface area contributed by atoms with Crippen LogP contribution in [0.25, 0.3) is 0 Å². The highest BCUT2D eigenvalue weighted by molar-refractivity contribution is 6.33. The molecule has 1 aliphatic rings. The Morgan fingerprint density at radius 1 is 1.39 bits per heavy atom. The molecular weight excluding hydrogens is 246 g/mol. The molecule has 0 aromatic heterocycles. The van der Waals surface area contributed by atoms with Gasteiger partial charge in [-0.2, -0.15) is 0 Å². The molecule has 1 saturated heterocycles. The summed E-state index contributed by atoms with van der Waals surface area (Å²) in [7, 11) is 0. The Labute approximate surface area is 114 Å². The van der Waals surface area contributed by atoms with Crippen molar-refractivity contribution in [1.82, 2.24) is 0 Å². The summed E-state index contributed by atoms with van der Waals surface area (Å²) in [4.78, 5) is 13.6. The molecule has 0 atom stereocenters. The second-order valence-electron chi connectivity index (χ2n) is 5.06. The zero-order valence-corrected chi connectivity index (χ0v) is 11.8. The highest BCUT2D eigenvalue weighted by Crippen LogP contribution is 2.31. The molecule has 0 saturated carbocycles. The van der Waals surface area contributed by atoms with Crippen molar-refractivity contribution < 1.29 is 4.79 Å². The van der Waals surface area contributed by atoms with Gasteiger partial charge in [-0.1, -0.05) is 24.9 Å². The molecule has 2 nitrogen and oxygen atoms in total. The number of nitrogens with zero attached hydrogens (tertiary/aromatic N) is 1. The number of hydrogen-bond acceptors (Lipinski definition) is 2. The van der Waals surface area contributed by atoms with Crippen LogP contribution >= 0.6 is 11.6 Å². The molecule has 0 spiro atoms. The molecule has 0 amide bonds. The highest BCUT2D eigenvalue weighted by Gasteiger charge is 2.19. The molecule has 3 heteroatoms. The van der Waals surface area contributed by atoms with Crippen molar-refractivity contribution >= 4 is 23.1 Å². The highest BCUT2D eigenvalue weighted by atomic mass is 35.5. The molecule has 98 valence electrons. The zero-order valence-electron chi connectivity index (χ0n) is 11.1. The molecule has 1 heterocycles. The van der Waals surface area contributed by atoms with E-state index in [-0.39, 0.29) is 5.78 Å². The fraction of sp³-hybridized carbons (Fsp3) is 0.533. The second kappa shape index (κ2) is 5.75. The molecule has 2 rings (SSSR count). The predicted octanol–water partition coefficient (Wildman–Crippen LogP) is 4.17. The maximum Gasteiger partial charge on any atom is 0.159 e. The lowest BCUT2D eigenvalue weighted by atomic mass is 9.94. The van der Waals surface area contributed by atoms with Crippen molar-refractivity contribution in [3.63, 3.8) is 0 Å². The molecule has 1 aromatic carbocycles. The van der Waals surface area contributed by atoms with E-state index in [2.05, 4.69) is 11.8 Å². The van der Waals surface area contributed by atoms with E-state index in [9.17, 15) is 4.79 Å². The van der Waals surface area contributed by atoms with Crippen LogP contribution < -0.4 is 4.90 Å². The van der Waals surface area contributed by atoms with E-state index < -0.39 is 0 Å². The lowest BCUT2D eigenvalue weighted by Gasteiger charge is -2.33. The van der Waals surface area contributed by atoms with E-state index in [1.54, 1.807) is 13.0 Å². The van der Waals surface area contributed by atoms with Gasteiger partial charge in [0, 0.05) is 18.7 Å². The summed E-state index contributed by atoms with van der Waals surface area (Å²) in [6, 6.07) is 5.63. The van der Waals surface area contributed by atoms with Crippen LogP contribution in [0.3, 0.4) is 0 Å². The summed E-state index contributed by atoms with van der Waals surface area (Å²) in [5, 5.41) is 0.692. The van der Waals surface area contributed by atoms with Crippen LogP contribution in [-0.2, 0) is 0 Å². The maximum absolute atomic E-state index is 11.3. The van der Waals surface area contributed by atoms with Crippen LogP contribution in [0.15, 0.2) is 18.2 Å². The summed E-state index contributed by atoms with van der Waals surface area (Å²) >= 11 is 6.28. The normalized spacial score (nSPS) is 16.9. The van der Waals surface area contributed by atoms with Crippen molar-refractivity contribution in [3.05, 3.63) is 28.8 Å². The van der Waals surface area contributed by atoms with Crippen molar-refractivity contribution in [1.29, 1.82) is 0 Å². The summed E-state index contributed by atoms with van der Waals surface area (Å²) in [5.41, 5.74) is 1.75. The molecule has 1 fully saturated rings. The molecule has 1 aliphatic heterocycles. The van der Waals surface area contributed by atoms with Gasteiger partial charge in [0.15, 0.2) is 5.78 Å². The number of Topliss-reactive ketones (excluding diaryl/α,β-unsaturated/α-hetero) is 1. The smallest absolute Gasteiger partial charge is 0.159 e. The van der Waals surface area contributed by atoms with Crippen molar-refractivity contribution in [2.24, 2.45) is 5.92 Å². The minimum atomic E-state index is 0.0631. The first-order valence-electron chi connectivity index (χ1n) is 6.67. The van der Waals surface area contributed by atoms with Gasteiger partial charge in [0.25, 0.3) is 0 Å². The lowest BCUT2D eigenvalue weighted by Crippen LogP contribution is -2.33. The standard InChI is InChI=1S/C15H20ClNO/c1-3-12-6-8-17(9-7-12)15-5-4-13(11(2)18)10-14(15)16/h4-5,10,12H,3,6-9H2,1-2H3.